The smallest absolute Gasteiger partial charge is 0.192 e. The molecule has 0 aromatic heterocycles. The summed E-state index contributed by atoms with van der Waals surface area (Å²) in [5.74, 6) is 1.15. The monoisotopic (exact) mass is 262 g/mol. The third-order valence-corrected chi connectivity index (χ3v) is 3.27. The van der Waals surface area contributed by atoms with E-state index in [1.165, 1.54) is 11.3 Å². The molecule has 0 amide bonds. The molecule has 1 aliphatic heterocycles. The van der Waals surface area contributed by atoms with Crippen LogP contribution in [-0.4, -0.2) is 18.8 Å². The van der Waals surface area contributed by atoms with Crippen LogP contribution in [0.1, 0.15) is 25.8 Å². The first-order valence-electron chi connectivity index (χ1n) is 6.40. The van der Waals surface area contributed by atoms with Crippen molar-refractivity contribution in [1.29, 1.82) is 0 Å². The minimum Gasteiger partial charge on any atom is -0.192 e. The fourth-order valence-electron chi connectivity index (χ4n) is 2.22. The fourth-order valence-corrected chi connectivity index (χ4v) is 2.34. The molecule has 0 bridgehead atoms. The second-order valence-electron chi connectivity index (χ2n) is 4.74. The van der Waals surface area contributed by atoms with Crippen molar-refractivity contribution >= 4 is 23.6 Å². The molecule has 1 radical (unpaired) electrons. The molecule has 1 heterocycles. The van der Waals surface area contributed by atoms with Gasteiger partial charge in [0.05, 0.1) is 0 Å². The van der Waals surface area contributed by atoms with Gasteiger partial charge >= 0.3 is 0 Å². The van der Waals surface area contributed by atoms with Crippen LogP contribution in [0.25, 0.3) is 5.70 Å². The van der Waals surface area contributed by atoms with E-state index >= 15 is 0 Å². The summed E-state index contributed by atoms with van der Waals surface area (Å²) in [4.78, 5) is 6.81. The number of hydrogen-bond donors (Lipinski definition) is 0. The number of alkyl halides is 1. The van der Waals surface area contributed by atoms with Crippen molar-refractivity contribution in [2.75, 3.05) is 12.4 Å². The van der Waals surface area contributed by atoms with Crippen molar-refractivity contribution in [3.05, 3.63) is 41.6 Å². The lowest BCUT2D eigenvalue weighted by Crippen LogP contribution is -2.29. The molecule has 1 aliphatic rings. The van der Waals surface area contributed by atoms with Crippen molar-refractivity contribution in [2.45, 2.75) is 20.3 Å². The summed E-state index contributed by atoms with van der Waals surface area (Å²) in [6.07, 6.45) is 2.91. The van der Waals surface area contributed by atoms with Gasteiger partial charge in [0.15, 0.2) is 5.70 Å². The van der Waals surface area contributed by atoms with Crippen LogP contribution in [0.15, 0.2) is 41.0 Å². The van der Waals surface area contributed by atoms with Gasteiger partial charge in [0.25, 0.3) is 0 Å². The average Bonchev–Trinajstić information content (AvgIpc) is 2.81. The summed E-state index contributed by atoms with van der Waals surface area (Å²) >= 11 is 5.77. The Bertz CT molecular complexity index is 449. The summed E-state index contributed by atoms with van der Waals surface area (Å²) in [7, 11) is 0. The first-order valence-corrected chi connectivity index (χ1v) is 6.94. The molecule has 0 N–H and O–H groups in total. The van der Waals surface area contributed by atoms with Crippen molar-refractivity contribution in [3.8, 4) is 0 Å². The van der Waals surface area contributed by atoms with Crippen LogP contribution in [0, 0.1) is 5.92 Å². The Morgan fingerprint density at radius 1 is 1.22 bits per heavy atom. The van der Waals surface area contributed by atoms with E-state index in [1.54, 1.807) is 0 Å². The predicted octanol–water partition coefficient (Wildman–Crippen LogP) is 3.82. The lowest BCUT2D eigenvalue weighted by molar-refractivity contribution is 0.582. The zero-order valence-corrected chi connectivity index (χ0v) is 11.7. The Kier molecular flexibility index (Phi) is 4.56. The largest absolute Gasteiger partial charge is 0.245 e. The lowest BCUT2D eigenvalue weighted by atomic mass is 10.0. The fraction of sp³-hybridized carbons (Fsp3) is 0.400. The molecule has 0 saturated carbocycles. The first kappa shape index (κ1) is 13.3. The minimum atomic E-state index is 0.457. The van der Waals surface area contributed by atoms with Gasteiger partial charge in [0.1, 0.15) is 12.2 Å². The number of nitrogens with zero attached hydrogens (tertiary/aromatic N) is 2. The Morgan fingerprint density at radius 3 is 2.56 bits per heavy atom. The predicted molar refractivity (Wildman–Crippen MR) is 79.0 cm³/mol. The van der Waals surface area contributed by atoms with E-state index in [1.807, 2.05) is 12.4 Å². The van der Waals surface area contributed by atoms with Gasteiger partial charge in [-0.25, -0.2) is 0 Å². The minimum absolute atomic E-state index is 0.457. The highest BCUT2D eigenvalue weighted by Gasteiger charge is 2.32. The van der Waals surface area contributed by atoms with Crippen LogP contribution in [-0.2, 0) is 0 Å². The van der Waals surface area contributed by atoms with Gasteiger partial charge in [-0.05, 0) is 0 Å². The topological polar surface area (TPSA) is 18.3 Å². The van der Waals surface area contributed by atoms with Crippen LogP contribution in [0.2, 0.25) is 0 Å². The van der Waals surface area contributed by atoms with Crippen molar-refractivity contribution in [3.63, 3.8) is 0 Å². The number of aliphatic imine (C=N–C) groups is 1. The third kappa shape index (κ3) is 2.82. The zero-order chi connectivity index (χ0) is 13.0. The maximum Gasteiger partial charge on any atom is 0.245 e. The normalized spacial score (nSPS) is 16.0. The number of allylic oxidation sites excluding steroid dienone is 1. The standard InChI is InChI=1S/C15H19ClN2/c1-12(2)15-14(13-7-4-3-5-8-13)17-11-18(15)10-6-9-16/h3-5,7-8,11-12H,6,9-10H2,1-2H3/q+1. The molecule has 95 valence electrons. The van der Waals surface area contributed by atoms with Crippen molar-refractivity contribution in [2.24, 2.45) is 10.9 Å². The van der Waals surface area contributed by atoms with Gasteiger partial charge in [0.2, 0.25) is 6.34 Å². The van der Waals surface area contributed by atoms with E-state index in [0.29, 0.717) is 11.8 Å². The molecule has 2 nitrogen and oxygen atoms in total. The molecular weight excluding hydrogens is 244 g/mol. The molecular formula is C15H19ClN2+. The van der Waals surface area contributed by atoms with Crippen molar-refractivity contribution in [1.82, 2.24) is 4.90 Å². The highest BCUT2D eigenvalue weighted by atomic mass is 35.5. The molecule has 0 saturated heterocycles. The number of benzene rings is 1. The van der Waals surface area contributed by atoms with Gasteiger partial charge in [-0.15, -0.1) is 11.6 Å². The van der Waals surface area contributed by atoms with Gasteiger partial charge in [-0.2, -0.15) is 4.99 Å². The van der Waals surface area contributed by atoms with Gasteiger partial charge < -0.3 is 0 Å². The first-order chi connectivity index (χ1) is 8.74. The van der Waals surface area contributed by atoms with Gasteiger partial charge in [0, 0.05) is 23.8 Å². The highest BCUT2D eigenvalue weighted by Crippen LogP contribution is 2.29. The SMILES string of the molecule is CC(C)C1=C(c2ccccc2)N=C[N+]1CCCCl. The molecule has 0 spiro atoms. The van der Waals surface area contributed by atoms with E-state index in [-0.39, 0.29) is 0 Å². The van der Waals surface area contributed by atoms with Crippen LogP contribution >= 0.6 is 11.6 Å². The van der Waals surface area contributed by atoms with Gasteiger partial charge in [-0.3, -0.25) is 0 Å². The Morgan fingerprint density at radius 2 is 1.94 bits per heavy atom. The third-order valence-electron chi connectivity index (χ3n) is 3.01. The molecule has 0 fully saturated rings. The molecule has 0 aliphatic carbocycles. The van der Waals surface area contributed by atoms with Crippen LogP contribution in [0.4, 0.5) is 0 Å². The summed E-state index contributed by atoms with van der Waals surface area (Å²) in [6.45, 7) is 5.36. The average molecular weight is 263 g/mol. The molecule has 3 heteroatoms. The summed E-state index contributed by atoms with van der Waals surface area (Å²) in [6, 6.07) is 10.4. The maximum atomic E-state index is 5.77. The molecule has 0 atom stereocenters. The zero-order valence-electron chi connectivity index (χ0n) is 10.9. The van der Waals surface area contributed by atoms with E-state index < -0.39 is 0 Å². The van der Waals surface area contributed by atoms with Gasteiger partial charge in [-0.1, -0.05) is 49.1 Å². The Hall–Kier alpha value is -1.12. The summed E-state index contributed by atoms with van der Waals surface area (Å²) in [5, 5.41) is 0. The molecule has 0 unspecified atom stereocenters. The molecule has 1 aromatic rings. The van der Waals surface area contributed by atoms with E-state index in [4.69, 9.17) is 11.6 Å². The lowest BCUT2D eigenvalue weighted by Gasteiger charge is -2.10. The van der Waals surface area contributed by atoms with E-state index in [0.717, 1.165) is 18.7 Å². The van der Waals surface area contributed by atoms with E-state index in [2.05, 4.69) is 48.0 Å². The highest BCUT2D eigenvalue weighted by molar-refractivity contribution is 6.17. The van der Waals surface area contributed by atoms with Crippen molar-refractivity contribution < 1.29 is 0 Å². The molecule has 2 rings (SSSR count). The maximum absolute atomic E-state index is 5.77. The Labute approximate surface area is 114 Å². The van der Waals surface area contributed by atoms with Crippen LogP contribution in [0.5, 0.6) is 0 Å². The summed E-state index contributed by atoms with van der Waals surface area (Å²) < 4.78 is 0. The Balaban J connectivity index is 2.31. The van der Waals surface area contributed by atoms with Crippen LogP contribution in [0.3, 0.4) is 0 Å². The second-order valence-corrected chi connectivity index (χ2v) is 5.11. The number of hydrogen-bond acceptors (Lipinski definition) is 2. The van der Waals surface area contributed by atoms with Crippen LogP contribution < -0.4 is 4.90 Å². The molecule has 1 aromatic carbocycles. The quantitative estimate of drug-likeness (QED) is 0.567. The number of halogens is 1. The molecule has 18 heavy (non-hydrogen) atoms. The van der Waals surface area contributed by atoms with E-state index in [9.17, 15) is 0 Å². The summed E-state index contributed by atoms with van der Waals surface area (Å²) in [5.41, 5.74) is 3.58. The number of rotatable bonds is 5. The second kappa shape index (κ2) is 6.17.